The number of ether oxygens (including phenoxy) is 2. The van der Waals surface area contributed by atoms with Gasteiger partial charge in [-0.25, -0.2) is 0 Å². The normalized spacial score (nSPS) is 13.0. The third-order valence-corrected chi connectivity index (χ3v) is 4.57. The molecule has 140 valence electrons. The van der Waals surface area contributed by atoms with Gasteiger partial charge in [-0.2, -0.15) is 0 Å². The Balaban J connectivity index is 2.11. The second-order valence-corrected chi connectivity index (χ2v) is 6.48. The number of hydrogen-bond donors (Lipinski definition) is 1. The highest BCUT2D eigenvalue weighted by Crippen LogP contribution is 2.25. The minimum Gasteiger partial charge on any atom is -0.496 e. The molecular weight excluding hydrogens is 326 g/mol. The maximum absolute atomic E-state index is 12.8. The summed E-state index contributed by atoms with van der Waals surface area (Å²) in [5.74, 6) is 1.52. The van der Waals surface area contributed by atoms with Crippen molar-refractivity contribution in [3.8, 4) is 11.5 Å². The van der Waals surface area contributed by atoms with Crippen molar-refractivity contribution in [3.63, 3.8) is 0 Å². The Morgan fingerprint density at radius 2 is 1.73 bits per heavy atom. The van der Waals surface area contributed by atoms with Crippen LogP contribution in [0.3, 0.4) is 0 Å². The predicted octanol–water partition coefficient (Wildman–Crippen LogP) is 4.74. The van der Waals surface area contributed by atoms with Gasteiger partial charge in [-0.15, -0.1) is 0 Å². The minimum atomic E-state index is -0.510. The SMILES string of the molecule is CC[C@H](Oc1ccccc1C)C(=O)N[C@@H](CC)c1ccc(OC)c(C)c1. The number of nitrogens with one attached hydrogen (secondary N) is 1. The molecule has 0 heterocycles. The Hall–Kier alpha value is -2.49. The van der Waals surface area contributed by atoms with Crippen molar-refractivity contribution < 1.29 is 14.3 Å². The van der Waals surface area contributed by atoms with Gasteiger partial charge in [0.2, 0.25) is 0 Å². The highest BCUT2D eigenvalue weighted by atomic mass is 16.5. The van der Waals surface area contributed by atoms with Crippen LogP contribution in [0.1, 0.15) is 49.4 Å². The molecular formula is C22H29NO3. The van der Waals surface area contributed by atoms with Crippen LogP contribution in [0, 0.1) is 13.8 Å². The molecule has 0 aliphatic rings. The van der Waals surface area contributed by atoms with Crippen molar-refractivity contribution in [1.82, 2.24) is 5.32 Å². The number of methoxy groups -OCH3 is 1. The number of aryl methyl sites for hydroxylation is 2. The van der Waals surface area contributed by atoms with E-state index < -0.39 is 6.10 Å². The molecule has 0 saturated carbocycles. The summed E-state index contributed by atoms with van der Waals surface area (Å²) in [6.45, 7) is 8.01. The summed E-state index contributed by atoms with van der Waals surface area (Å²) in [5, 5.41) is 3.13. The molecule has 26 heavy (non-hydrogen) atoms. The van der Waals surface area contributed by atoms with Gasteiger partial charge in [-0.05, 0) is 55.5 Å². The summed E-state index contributed by atoms with van der Waals surface area (Å²) in [7, 11) is 1.66. The Morgan fingerprint density at radius 1 is 1.00 bits per heavy atom. The molecule has 1 amide bonds. The molecule has 0 aliphatic carbocycles. The van der Waals surface area contributed by atoms with Crippen LogP contribution in [0.25, 0.3) is 0 Å². The van der Waals surface area contributed by atoms with E-state index in [1.165, 1.54) is 0 Å². The fourth-order valence-electron chi connectivity index (χ4n) is 2.97. The molecule has 0 bridgehead atoms. The predicted molar refractivity (Wildman–Crippen MR) is 105 cm³/mol. The largest absolute Gasteiger partial charge is 0.496 e. The fourth-order valence-corrected chi connectivity index (χ4v) is 2.97. The van der Waals surface area contributed by atoms with Crippen LogP contribution in [0.4, 0.5) is 0 Å². The molecule has 4 heteroatoms. The maximum atomic E-state index is 12.8. The number of carbonyl (C=O) groups is 1. The molecule has 2 atom stereocenters. The maximum Gasteiger partial charge on any atom is 0.261 e. The Morgan fingerprint density at radius 3 is 2.31 bits per heavy atom. The van der Waals surface area contributed by atoms with E-state index in [-0.39, 0.29) is 11.9 Å². The van der Waals surface area contributed by atoms with E-state index in [1.54, 1.807) is 7.11 Å². The second-order valence-electron chi connectivity index (χ2n) is 6.48. The number of benzene rings is 2. The minimum absolute atomic E-state index is 0.0540. The monoisotopic (exact) mass is 355 g/mol. The van der Waals surface area contributed by atoms with Crippen molar-refractivity contribution in [2.24, 2.45) is 0 Å². The Bertz CT molecular complexity index is 742. The van der Waals surface area contributed by atoms with E-state index >= 15 is 0 Å². The lowest BCUT2D eigenvalue weighted by Gasteiger charge is -2.23. The third-order valence-electron chi connectivity index (χ3n) is 4.57. The number of amides is 1. The average molecular weight is 355 g/mol. The van der Waals surface area contributed by atoms with E-state index in [1.807, 2.05) is 57.2 Å². The number of hydrogen-bond acceptors (Lipinski definition) is 3. The van der Waals surface area contributed by atoms with E-state index in [9.17, 15) is 4.79 Å². The molecule has 0 unspecified atom stereocenters. The summed E-state index contributed by atoms with van der Waals surface area (Å²) in [4.78, 5) is 12.8. The van der Waals surface area contributed by atoms with Crippen LogP contribution < -0.4 is 14.8 Å². The quantitative estimate of drug-likeness (QED) is 0.744. The zero-order valence-corrected chi connectivity index (χ0v) is 16.3. The van der Waals surface area contributed by atoms with Crippen LogP contribution in [-0.2, 0) is 4.79 Å². The van der Waals surface area contributed by atoms with Gasteiger partial charge in [0.05, 0.1) is 13.2 Å². The highest BCUT2D eigenvalue weighted by molar-refractivity contribution is 5.81. The van der Waals surface area contributed by atoms with Gasteiger partial charge in [-0.3, -0.25) is 4.79 Å². The topological polar surface area (TPSA) is 47.6 Å². The van der Waals surface area contributed by atoms with Crippen LogP contribution in [0.5, 0.6) is 11.5 Å². The number of carbonyl (C=O) groups excluding carboxylic acids is 1. The molecule has 2 aromatic carbocycles. The first kappa shape index (κ1) is 19.8. The lowest BCUT2D eigenvalue weighted by molar-refractivity contribution is -0.129. The van der Waals surface area contributed by atoms with Gasteiger partial charge in [0, 0.05) is 0 Å². The smallest absolute Gasteiger partial charge is 0.261 e. The van der Waals surface area contributed by atoms with Crippen molar-refractivity contribution >= 4 is 5.91 Å². The Labute approximate surface area is 156 Å². The standard InChI is InChI=1S/C22H29NO3/c1-6-18(17-12-13-20(25-5)16(4)14-17)23-22(24)19(7-2)26-21-11-9-8-10-15(21)3/h8-14,18-19H,6-7H2,1-5H3,(H,23,24)/t18-,19-/m0/s1. The molecule has 0 aromatic heterocycles. The van der Waals surface area contributed by atoms with E-state index in [4.69, 9.17) is 9.47 Å². The van der Waals surface area contributed by atoms with Gasteiger partial charge < -0.3 is 14.8 Å². The molecule has 0 radical (unpaired) electrons. The first-order chi connectivity index (χ1) is 12.5. The van der Waals surface area contributed by atoms with Crippen LogP contribution >= 0.6 is 0 Å². The lowest BCUT2D eigenvalue weighted by atomic mass is 10.0. The van der Waals surface area contributed by atoms with E-state index in [0.717, 1.165) is 34.6 Å². The Kier molecular flexibility index (Phi) is 7.07. The molecule has 0 spiro atoms. The second kappa shape index (κ2) is 9.27. The molecule has 4 nitrogen and oxygen atoms in total. The third kappa shape index (κ3) is 4.78. The van der Waals surface area contributed by atoms with Crippen molar-refractivity contribution in [3.05, 3.63) is 59.2 Å². The van der Waals surface area contributed by atoms with Gasteiger partial charge in [0.15, 0.2) is 6.10 Å². The first-order valence-corrected chi connectivity index (χ1v) is 9.17. The van der Waals surface area contributed by atoms with Crippen molar-refractivity contribution in [1.29, 1.82) is 0 Å². The summed E-state index contributed by atoms with van der Waals surface area (Å²) in [6, 6.07) is 13.7. The van der Waals surface area contributed by atoms with E-state index in [2.05, 4.69) is 18.3 Å². The van der Waals surface area contributed by atoms with Crippen LogP contribution in [0.15, 0.2) is 42.5 Å². The average Bonchev–Trinajstić information content (AvgIpc) is 2.65. The highest BCUT2D eigenvalue weighted by Gasteiger charge is 2.22. The van der Waals surface area contributed by atoms with Gasteiger partial charge >= 0.3 is 0 Å². The fraction of sp³-hybridized carbons (Fsp3) is 0.409. The van der Waals surface area contributed by atoms with Crippen molar-refractivity contribution in [2.45, 2.75) is 52.7 Å². The molecule has 0 fully saturated rings. The summed E-state index contributed by atoms with van der Waals surface area (Å²) in [6.07, 6.45) is 0.904. The van der Waals surface area contributed by atoms with Crippen molar-refractivity contribution in [2.75, 3.05) is 7.11 Å². The van der Waals surface area contributed by atoms with E-state index in [0.29, 0.717) is 6.42 Å². The molecule has 2 aromatic rings. The first-order valence-electron chi connectivity index (χ1n) is 9.17. The number of rotatable bonds is 8. The molecule has 0 saturated heterocycles. The molecule has 1 N–H and O–H groups in total. The summed E-state index contributed by atoms with van der Waals surface area (Å²) in [5.41, 5.74) is 3.15. The lowest BCUT2D eigenvalue weighted by Crippen LogP contribution is -2.40. The molecule has 0 aliphatic heterocycles. The molecule has 2 rings (SSSR count). The summed E-state index contributed by atoms with van der Waals surface area (Å²) < 4.78 is 11.3. The van der Waals surface area contributed by atoms with Gasteiger partial charge in [0.1, 0.15) is 11.5 Å². The van der Waals surface area contributed by atoms with Crippen LogP contribution in [0.2, 0.25) is 0 Å². The number of para-hydroxylation sites is 1. The zero-order valence-electron chi connectivity index (χ0n) is 16.3. The van der Waals surface area contributed by atoms with Gasteiger partial charge in [-0.1, -0.05) is 44.2 Å². The van der Waals surface area contributed by atoms with Crippen LogP contribution in [-0.4, -0.2) is 19.1 Å². The summed E-state index contributed by atoms with van der Waals surface area (Å²) >= 11 is 0. The zero-order chi connectivity index (χ0) is 19.1. The van der Waals surface area contributed by atoms with Gasteiger partial charge in [0.25, 0.3) is 5.91 Å².